The van der Waals surface area contributed by atoms with Crippen molar-refractivity contribution in [2.24, 2.45) is 0 Å². The number of hydrogen-bond donors (Lipinski definition) is 0. The maximum atomic E-state index is 7.01. The second-order valence-corrected chi connectivity index (χ2v) is 11.1. The quantitative estimate of drug-likeness (QED) is 0.545. The van der Waals surface area contributed by atoms with Crippen LogP contribution in [0.15, 0.2) is 30.8 Å². The van der Waals surface area contributed by atoms with Crippen LogP contribution in [0.3, 0.4) is 0 Å². The smallest absolute Gasteiger partial charge is 0.160 e. The summed E-state index contributed by atoms with van der Waals surface area (Å²) in [7, 11) is -1.94. The molecule has 0 aromatic heterocycles. The van der Waals surface area contributed by atoms with Gasteiger partial charge in [-0.15, -0.1) is 0 Å². The molecule has 0 N–H and O–H groups in total. The number of rotatable bonds is 4. The Morgan fingerprint density at radius 2 is 1.62 bits per heavy atom. The minimum absolute atomic E-state index is 0.523. The highest BCUT2D eigenvalue weighted by Gasteiger charge is 2.41. The molecule has 0 aliphatic rings. The average molecular weight is 253 g/mol. The highest BCUT2D eigenvalue weighted by Crippen LogP contribution is 2.36. The van der Waals surface area contributed by atoms with Crippen LogP contribution in [-0.2, 0) is 0 Å². The summed E-state index contributed by atoms with van der Waals surface area (Å²) in [5.74, 6) is 0. The van der Waals surface area contributed by atoms with Gasteiger partial charge in [-0.25, -0.2) is 0 Å². The molecule has 1 aromatic carbocycles. The maximum absolute atomic E-state index is 7.01. The fourth-order valence-electron chi connectivity index (χ4n) is 2.31. The molecule has 0 aliphatic heterocycles. The van der Waals surface area contributed by atoms with Gasteiger partial charge in [0.05, 0.1) is 0 Å². The van der Waals surface area contributed by atoms with E-state index in [1.165, 1.54) is 10.8 Å². The summed E-state index contributed by atoms with van der Waals surface area (Å²) in [4.78, 5) is 0. The van der Waals surface area contributed by atoms with Gasteiger partial charge in [0, 0.05) is 0 Å². The van der Waals surface area contributed by atoms with Crippen LogP contribution in [-0.4, -0.2) is 7.38 Å². The van der Waals surface area contributed by atoms with Gasteiger partial charge in [0.2, 0.25) is 0 Å². The van der Waals surface area contributed by atoms with Gasteiger partial charge in [0.25, 0.3) is 0 Å². The molecule has 0 saturated heterocycles. The molecule has 0 amide bonds. The monoisotopic (exact) mass is 252 g/mol. The van der Waals surface area contributed by atoms with E-state index in [-0.39, 0.29) is 0 Å². The SMILES string of the molecule is C=Cc1ccccc1[Si](Cl)(C(C)C)C(C)C. The molecule has 0 fully saturated rings. The summed E-state index contributed by atoms with van der Waals surface area (Å²) in [5.41, 5.74) is 2.25. The molecular formula is C14H21ClSi. The first kappa shape index (κ1) is 13.5. The normalized spacial score (nSPS) is 12.2. The van der Waals surface area contributed by atoms with Gasteiger partial charge >= 0.3 is 0 Å². The number of benzene rings is 1. The molecule has 0 atom stereocenters. The Balaban J connectivity index is 3.37. The van der Waals surface area contributed by atoms with Crippen molar-refractivity contribution in [2.75, 3.05) is 0 Å². The van der Waals surface area contributed by atoms with Crippen molar-refractivity contribution >= 4 is 29.7 Å². The van der Waals surface area contributed by atoms with E-state index in [9.17, 15) is 0 Å². The summed E-state index contributed by atoms with van der Waals surface area (Å²) in [5, 5.41) is 1.33. The first-order valence-electron chi connectivity index (χ1n) is 5.85. The highest BCUT2D eigenvalue weighted by atomic mass is 35.6. The van der Waals surface area contributed by atoms with Crippen LogP contribution in [0.5, 0.6) is 0 Å². The van der Waals surface area contributed by atoms with E-state index in [0.29, 0.717) is 11.1 Å². The largest absolute Gasteiger partial charge is 0.192 e. The van der Waals surface area contributed by atoms with Crippen LogP contribution in [0.25, 0.3) is 6.08 Å². The van der Waals surface area contributed by atoms with E-state index in [4.69, 9.17) is 11.1 Å². The molecule has 0 radical (unpaired) electrons. The van der Waals surface area contributed by atoms with Gasteiger partial charge in [0.1, 0.15) is 0 Å². The predicted molar refractivity (Wildman–Crippen MR) is 78.0 cm³/mol. The van der Waals surface area contributed by atoms with Gasteiger partial charge in [-0.1, -0.05) is 64.6 Å². The average Bonchev–Trinajstić information content (AvgIpc) is 2.27. The zero-order valence-corrected chi connectivity index (χ0v) is 12.4. The highest BCUT2D eigenvalue weighted by molar-refractivity contribution is 7.28. The van der Waals surface area contributed by atoms with Crippen LogP contribution in [0.4, 0.5) is 0 Å². The predicted octanol–water partition coefficient (Wildman–Crippen LogP) is 4.54. The molecule has 0 spiro atoms. The van der Waals surface area contributed by atoms with Gasteiger partial charge < -0.3 is 0 Å². The van der Waals surface area contributed by atoms with Gasteiger partial charge in [-0.2, -0.15) is 11.1 Å². The minimum Gasteiger partial charge on any atom is -0.160 e. The molecule has 0 unspecified atom stereocenters. The first-order valence-corrected chi connectivity index (χ1v) is 9.02. The van der Waals surface area contributed by atoms with E-state index in [1.54, 1.807) is 0 Å². The fourth-order valence-corrected chi connectivity index (χ4v) is 6.39. The fraction of sp³-hybridized carbons (Fsp3) is 0.429. The van der Waals surface area contributed by atoms with Crippen LogP contribution in [0.2, 0.25) is 11.1 Å². The maximum Gasteiger partial charge on any atom is 0.192 e. The Morgan fingerprint density at radius 1 is 1.12 bits per heavy atom. The van der Waals surface area contributed by atoms with Crippen LogP contribution >= 0.6 is 11.1 Å². The molecule has 1 aromatic rings. The summed E-state index contributed by atoms with van der Waals surface area (Å²) < 4.78 is 0. The lowest BCUT2D eigenvalue weighted by atomic mass is 10.2. The molecular weight excluding hydrogens is 232 g/mol. The third-order valence-corrected chi connectivity index (χ3v) is 11.1. The van der Waals surface area contributed by atoms with E-state index in [0.717, 1.165) is 0 Å². The summed E-state index contributed by atoms with van der Waals surface area (Å²) in [6.07, 6.45) is 1.92. The first-order chi connectivity index (χ1) is 7.44. The zero-order valence-electron chi connectivity index (χ0n) is 10.6. The molecule has 0 bridgehead atoms. The molecule has 16 heavy (non-hydrogen) atoms. The third-order valence-electron chi connectivity index (χ3n) is 3.27. The molecule has 88 valence electrons. The molecule has 0 saturated carbocycles. The summed E-state index contributed by atoms with van der Waals surface area (Å²) in [6, 6.07) is 8.41. The van der Waals surface area contributed by atoms with Crippen molar-refractivity contribution in [3.63, 3.8) is 0 Å². The molecule has 2 heteroatoms. The van der Waals surface area contributed by atoms with Gasteiger partial charge in [-0.05, 0) is 21.8 Å². The van der Waals surface area contributed by atoms with Crippen molar-refractivity contribution < 1.29 is 0 Å². The Bertz CT molecular complexity index is 361. The second kappa shape index (κ2) is 5.20. The van der Waals surface area contributed by atoms with Gasteiger partial charge in [-0.3, -0.25) is 0 Å². The molecule has 0 nitrogen and oxygen atoms in total. The second-order valence-electron chi connectivity index (χ2n) is 4.87. The van der Waals surface area contributed by atoms with Crippen molar-refractivity contribution in [1.82, 2.24) is 0 Å². The number of halogens is 1. The van der Waals surface area contributed by atoms with Crippen LogP contribution in [0.1, 0.15) is 33.3 Å². The van der Waals surface area contributed by atoms with E-state index in [2.05, 4.69) is 52.5 Å². The lowest BCUT2D eigenvalue weighted by Crippen LogP contribution is -2.49. The lowest BCUT2D eigenvalue weighted by molar-refractivity contribution is 0.940. The molecule has 0 aliphatic carbocycles. The van der Waals surface area contributed by atoms with Crippen molar-refractivity contribution in [1.29, 1.82) is 0 Å². The van der Waals surface area contributed by atoms with Crippen molar-refractivity contribution in [2.45, 2.75) is 38.8 Å². The van der Waals surface area contributed by atoms with Crippen LogP contribution < -0.4 is 5.19 Å². The van der Waals surface area contributed by atoms with Gasteiger partial charge in [0.15, 0.2) is 7.38 Å². The topological polar surface area (TPSA) is 0 Å². The van der Waals surface area contributed by atoms with E-state index in [1.807, 2.05) is 12.1 Å². The van der Waals surface area contributed by atoms with E-state index >= 15 is 0 Å². The number of hydrogen-bond acceptors (Lipinski definition) is 0. The molecule has 1 rings (SSSR count). The standard InChI is InChI=1S/C14H21ClSi/c1-6-13-9-7-8-10-14(13)16(15,11(2)3)12(4)5/h6-12H,1H2,2-5H3. The minimum atomic E-state index is -1.94. The van der Waals surface area contributed by atoms with E-state index < -0.39 is 7.38 Å². The summed E-state index contributed by atoms with van der Waals surface area (Å²) >= 11 is 7.01. The molecule has 0 heterocycles. The Kier molecular flexibility index (Phi) is 4.40. The van der Waals surface area contributed by atoms with Crippen molar-refractivity contribution in [3.8, 4) is 0 Å². The zero-order chi connectivity index (χ0) is 12.3. The lowest BCUT2D eigenvalue weighted by Gasteiger charge is -2.34. The Hall–Kier alpha value is -0.533. The summed E-state index contributed by atoms with van der Waals surface area (Å²) in [6.45, 7) is 12.8. The Labute approximate surface area is 105 Å². The third kappa shape index (κ3) is 2.25. The Morgan fingerprint density at radius 3 is 2.06 bits per heavy atom. The van der Waals surface area contributed by atoms with Crippen LogP contribution in [0, 0.1) is 0 Å². The van der Waals surface area contributed by atoms with Crippen molar-refractivity contribution in [3.05, 3.63) is 36.4 Å².